The van der Waals surface area contributed by atoms with E-state index >= 15 is 4.11 Å². The van der Waals surface area contributed by atoms with E-state index in [1.807, 2.05) is 72.5 Å². The van der Waals surface area contributed by atoms with E-state index in [2.05, 4.69) is 22.3 Å². The molecule has 7 rings (SSSR count). The molecule has 11 heteroatoms. The first kappa shape index (κ1) is 32.8. The quantitative estimate of drug-likeness (QED) is 0.247. The number of para-hydroxylation sites is 1. The number of aliphatic hydroxyl groups is 1. The zero-order chi connectivity index (χ0) is 33.8. The van der Waals surface area contributed by atoms with Crippen molar-refractivity contribution in [2.24, 2.45) is 5.92 Å². The zero-order valence-corrected chi connectivity index (χ0v) is 29.1. The van der Waals surface area contributed by atoms with Crippen LogP contribution >= 0.6 is 0 Å². The van der Waals surface area contributed by atoms with E-state index in [0.29, 0.717) is 23.7 Å². The van der Waals surface area contributed by atoms with E-state index in [9.17, 15) is 14.7 Å². The molecule has 254 valence electrons. The number of benzene rings is 3. The summed E-state index contributed by atoms with van der Waals surface area (Å²) in [4.78, 5) is 34.9. The molecule has 0 bridgehead atoms. The van der Waals surface area contributed by atoms with Crippen LogP contribution in [0.1, 0.15) is 37.3 Å². The highest BCUT2D eigenvalue weighted by Gasteiger charge is 2.66. The fourth-order valence-electron chi connectivity index (χ4n) is 8.88. The molecule has 2 N–H and O–H groups in total. The van der Waals surface area contributed by atoms with Crippen LogP contribution in [0.3, 0.4) is 0 Å². The van der Waals surface area contributed by atoms with Gasteiger partial charge in [0.15, 0.2) is 5.60 Å². The maximum atomic E-state index is 15.9. The van der Waals surface area contributed by atoms with Gasteiger partial charge in [-0.05, 0) is 93.5 Å². The highest BCUT2D eigenvalue weighted by molar-refractivity contribution is 6.72. The summed E-state index contributed by atoms with van der Waals surface area (Å²) in [6, 6.07) is 23.5. The molecule has 2 spiro atoms. The Hall–Kier alpha value is -3.77. The number of halogens is 1. The monoisotopic (exact) mass is 672 g/mol. The topological polar surface area (TPSA) is 94.6 Å². The lowest BCUT2D eigenvalue weighted by atomic mass is 9.82. The van der Waals surface area contributed by atoms with E-state index in [1.54, 1.807) is 25.1 Å². The van der Waals surface area contributed by atoms with Crippen LogP contribution in [0.15, 0.2) is 72.8 Å². The Morgan fingerprint density at radius 2 is 1.73 bits per heavy atom. The molecule has 0 saturated carbocycles. The van der Waals surface area contributed by atoms with Gasteiger partial charge in [-0.3, -0.25) is 14.5 Å². The third kappa shape index (κ3) is 5.05. The minimum Gasteiger partial charge on any atom is -0.497 e. The number of fused-ring (bicyclic) bond motifs is 2. The predicted octanol–water partition coefficient (Wildman–Crippen LogP) is 5.33. The van der Waals surface area contributed by atoms with Crippen molar-refractivity contribution in [3.63, 3.8) is 0 Å². The second-order valence-electron chi connectivity index (χ2n) is 14.1. The van der Waals surface area contributed by atoms with Crippen LogP contribution in [0.25, 0.3) is 0 Å². The SMILES string of the molecule is COc1ccc2c(c1)[C@]1(O[C@@H](CCO)[C@H]([Si](C)(C)F)[C@H]1C)C(=O)N2Cc1cccc(N2CN(c3ccccc3)C3(CCNCC3)C2=O)c1. The molecule has 0 aliphatic carbocycles. The third-order valence-corrected chi connectivity index (χ3v) is 13.5. The average Bonchev–Trinajstić information content (AvgIpc) is 3.63. The molecular formula is C37H45FN4O5Si. The molecule has 0 aromatic heterocycles. The van der Waals surface area contributed by atoms with Gasteiger partial charge in [-0.25, -0.2) is 0 Å². The molecule has 3 fully saturated rings. The van der Waals surface area contributed by atoms with Crippen molar-refractivity contribution >= 4 is 37.3 Å². The first-order valence-electron chi connectivity index (χ1n) is 17.0. The lowest BCUT2D eigenvalue weighted by Crippen LogP contribution is -2.55. The largest absolute Gasteiger partial charge is 0.497 e. The molecule has 4 heterocycles. The Morgan fingerprint density at radius 1 is 1.00 bits per heavy atom. The maximum absolute atomic E-state index is 15.9. The number of methoxy groups -OCH3 is 1. The molecular weight excluding hydrogens is 628 g/mol. The lowest BCUT2D eigenvalue weighted by Gasteiger charge is -2.39. The number of hydrogen-bond donors (Lipinski definition) is 2. The normalized spacial score (nSPS) is 26.6. The summed E-state index contributed by atoms with van der Waals surface area (Å²) in [7, 11) is -1.73. The predicted molar refractivity (Wildman–Crippen MR) is 186 cm³/mol. The Morgan fingerprint density at radius 3 is 2.42 bits per heavy atom. The van der Waals surface area contributed by atoms with Gasteiger partial charge >= 0.3 is 0 Å². The molecule has 0 unspecified atom stereocenters. The molecule has 9 nitrogen and oxygen atoms in total. The van der Waals surface area contributed by atoms with Crippen molar-refractivity contribution in [3.05, 3.63) is 83.9 Å². The number of nitrogens with one attached hydrogen (secondary N) is 1. The molecule has 2 amide bonds. The van der Waals surface area contributed by atoms with E-state index in [-0.39, 0.29) is 31.4 Å². The summed E-state index contributed by atoms with van der Waals surface area (Å²) in [5.41, 5.74) is 1.53. The van der Waals surface area contributed by atoms with Gasteiger partial charge < -0.3 is 33.8 Å². The van der Waals surface area contributed by atoms with Crippen molar-refractivity contribution in [1.29, 1.82) is 0 Å². The summed E-state index contributed by atoms with van der Waals surface area (Å²) >= 11 is 0. The minimum absolute atomic E-state index is 0.0887. The molecule has 4 aliphatic rings. The van der Waals surface area contributed by atoms with Gasteiger partial charge in [-0.15, -0.1) is 0 Å². The molecule has 0 radical (unpaired) electrons. The first-order chi connectivity index (χ1) is 23.0. The summed E-state index contributed by atoms with van der Waals surface area (Å²) in [6.45, 7) is 7.29. The lowest BCUT2D eigenvalue weighted by molar-refractivity contribution is -0.146. The standard InChI is InChI=1S/C37H45FN4O5Si/c1-25-33(48(3,4)38)32(15-20-43)47-37(25)30-22-29(46-2)13-14-31(30)40(35(37)45)23-26-9-8-12-28(21-26)41-24-42(27-10-6-5-7-11-27)36(34(41)44)16-18-39-19-17-36/h5-14,21-22,25,32-33,39,43H,15-20,23-24H2,1-4H3/t25-,32+,33-,37+/m1/s1. The molecule has 4 atom stereocenters. The Balaban J connectivity index is 1.23. The summed E-state index contributed by atoms with van der Waals surface area (Å²) in [5.74, 6) is -0.0242. The molecule has 4 aliphatic heterocycles. The number of carbonyl (C=O) groups is 2. The van der Waals surface area contributed by atoms with Gasteiger partial charge in [0, 0.05) is 35.0 Å². The molecule has 3 aromatic carbocycles. The van der Waals surface area contributed by atoms with E-state index in [4.69, 9.17) is 9.47 Å². The smallest absolute Gasteiger partial charge is 0.264 e. The number of aliphatic hydroxyl groups excluding tert-OH is 1. The molecule has 3 aromatic rings. The van der Waals surface area contributed by atoms with Gasteiger partial charge in [-0.1, -0.05) is 37.3 Å². The van der Waals surface area contributed by atoms with E-state index in [0.717, 1.165) is 42.9 Å². The van der Waals surface area contributed by atoms with Crippen LogP contribution in [0, 0.1) is 5.92 Å². The first-order valence-corrected chi connectivity index (χ1v) is 19.9. The van der Waals surface area contributed by atoms with Crippen LogP contribution < -0.4 is 24.8 Å². The van der Waals surface area contributed by atoms with Crippen molar-refractivity contribution < 1.29 is 28.3 Å². The van der Waals surface area contributed by atoms with Gasteiger partial charge in [0.25, 0.3) is 11.8 Å². The van der Waals surface area contributed by atoms with Crippen LogP contribution in [0.2, 0.25) is 18.6 Å². The summed E-state index contributed by atoms with van der Waals surface area (Å²) in [5, 5.41) is 13.3. The van der Waals surface area contributed by atoms with Gasteiger partial charge in [0.2, 0.25) is 8.41 Å². The van der Waals surface area contributed by atoms with Crippen molar-refractivity contribution in [3.8, 4) is 5.75 Å². The third-order valence-electron chi connectivity index (χ3n) is 11.1. The Kier molecular flexibility index (Phi) is 8.38. The molecule has 48 heavy (non-hydrogen) atoms. The second-order valence-corrected chi connectivity index (χ2v) is 17.9. The summed E-state index contributed by atoms with van der Waals surface area (Å²) in [6.07, 6.45) is 1.11. The number of carbonyl (C=O) groups excluding carboxylic acids is 2. The summed E-state index contributed by atoms with van der Waals surface area (Å²) < 4.78 is 28.2. The van der Waals surface area contributed by atoms with Crippen molar-refractivity contribution in [1.82, 2.24) is 5.32 Å². The van der Waals surface area contributed by atoms with Crippen LogP contribution in [0.4, 0.5) is 21.2 Å². The van der Waals surface area contributed by atoms with E-state index < -0.39 is 37.1 Å². The average molecular weight is 673 g/mol. The van der Waals surface area contributed by atoms with Gasteiger partial charge in [0.1, 0.15) is 11.3 Å². The van der Waals surface area contributed by atoms with Gasteiger partial charge in [-0.2, -0.15) is 0 Å². The Bertz CT molecular complexity index is 1700. The second kappa shape index (κ2) is 12.3. The Labute approximate surface area is 282 Å². The van der Waals surface area contributed by atoms with Crippen LogP contribution in [0.5, 0.6) is 5.75 Å². The van der Waals surface area contributed by atoms with Crippen LogP contribution in [-0.4, -0.2) is 70.4 Å². The maximum Gasteiger partial charge on any atom is 0.264 e. The number of hydrogen-bond acceptors (Lipinski definition) is 7. The highest BCUT2D eigenvalue weighted by atomic mass is 28.4. The number of piperidine rings is 1. The van der Waals surface area contributed by atoms with Crippen LogP contribution in [-0.2, 0) is 26.5 Å². The van der Waals surface area contributed by atoms with E-state index in [1.165, 1.54) is 0 Å². The molecule has 3 saturated heterocycles. The minimum atomic E-state index is -3.31. The fraction of sp³-hybridized carbons (Fsp3) is 0.459. The zero-order valence-electron chi connectivity index (χ0n) is 28.1. The number of ether oxygens (including phenoxy) is 2. The fourth-order valence-corrected chi connectivity index (χ4v) is 11.4. The number of amides is 2. The highest BCUT2D eigenvalue weighted by Crippen LogP contribution is 2.60. The number of nitrogens with zero attached hydrogens (tertiary/aromatic N) is 3. The number of anilines is 3. The van der Waals surface area contributed by atoms with Crippen molar-refractivity contribution in [2.75, 3.05) is 48.2 Å². The number of rotatable bonds is 8. The van der Waals surface area contributed by atoms with Crippen molar-refractivity contribution in [2.45, 2.75) is 68.6 Å². The van der Waals surface area contributed by atoms with Gasteiger partial charge in [0.05, 0.1) is 32.1 Å².